The van der Waals surface area contributed by atoms with Crippen molar-refractivity contribution in [3.63, 3.8) is 0 Å². The first-order chi connectivity index (χ1) is 16.3. The van der Waals surface area contributed by atoms with Crippen LogP contribution in [0.5, 0.6) is 5.75 Å². The van der Waals surface area contributed by atoms with Crippen molar-refractivity contribution in [2.75, 3.05) is 48.0 Å². The van der Waals surface area contributed by atoms with E-state index in [9.17, 15) is 14.9 Å². The molecule has 2 bridgehead atoms. The number of nitrogens with zero attached hydrogens (tertiary/aromatic N) is 3. The van der Waals surface area contributed by atoms with Crippen LogP contribution in [0, 0.1) is 17.2 Å². The van der Waals surface area contributed by atoms with Gasteiger partial charge in [0.05, 0.1) is 48.0 Å². The Kier molecular flexibility index (Phi) is 8.89. The number of hydrogen-bond acceptors (Lipinski definition) is 7. The van der Waals surface area contributed by atoms with E-state index < -0.39 is 12.0 Å². The summed E-state index contributed by atoms with van der Waals surface area (Å²) in [7, 11) is 6.61. The summed E-state index contributed by atoms with van der Waals surface area (Å²) in [5.74, 6) is -0.454. The Morgan fingerprint density at radius 2 is 1.76 bits per heavy atom. The van der Waals surface area contributed by atoms with Gasteiger partial charge >= 0.3 is 0 Å². The zero-order chi connectivity index (χ0) is 24.8. The number of carbonyl (C=O) groups excluding carboxylic acids is 2. The molecule has 0 saturated carbocycles. The summed E-state index contributed by atoms with van der Waals surface area (Å²) in [5.41, 5.74) is 0.678. The number of benzene rings is 1. The molecule has 2 aliphatic heterocycles. The van der Waals surface area contributed by atoms with E-state index in [-0.39, 0.29) is 36.7 Å². The van der Waals surface area contributed by atoms with Gasteiger partial charge in [0.1, 0.15) is 11.9 Å². The second kappa shape index (κ2) is 11.6. The average Bonchev–Trinajstić information content (AvgIpc) is 2.85. The molecule has 9 nitrogen and oxygen atoms in total. The van der Waals surface area contributed by atoms with Gasteiger partial charge in [-0.05, 0) is 31.0 Å². The van der Waals surface area contributed by atoms with Gasteiger partial charge in [0.15, 0.2) is 0 Å². The molecule has 3 rings (SSSR count). The minimum Gasteiger partial charge on any atom is -0.493 e. The van der Waals surface area contributed by atoms with Gasteiger partial charge in [-0.1, -0.05) is 6.92 Å². The smallest absolute Gasteiger partial charge is 0.257 e. The molecule has 9 heteroatoms. The highest BCUT2D eigenvalue weighted by molar-refractivity contribution is 5.97. The molecular weight excluding hydrogens is 438 g/mol. The third-order valence-electron chi connectivity index (χ3n) is 6.77. The molecule has 0 aromatic heterocycles. The fraction of sp³-hybridized carbons (Fsp3) is 0.640. The van der Waals surface area contributed by atoms with E-state index in [2.05, 4.69) is 6.07 Å². The number of carbonyl (C=O) groups is 2. The zero-order valence-corrected chi connectivity index (χ0v) is 20.7. The Hall–Kier alpha value is -2.67. The van der Waals surface area contributed by atoms with Crippen molar-refractivity contribution in [3.8, 4) is 11.8 Å². The number of nitriles is 1. The molecule has 2 heterocycles. The van der Waals surface area contributed by atoms with Crippen LogP contribution < -0.4 is 4.74 Å². The molecule has 5 atom stereocenters. The minimum absolute atomic E-state index is 0.0443. The molecule has 0 N–H and O–H groups in total. The van der Waals surface area contributed by atoms with Crippen LogP contribution in [0.2, 0.25) is 0 Å². The minimum atomic E-state index is -0.515. The molecule has 186 valence electrons. The summed E-state index contributed by atoms with van der Waals surface area (Å²) in [4.78, 5) is 29.7. The highest BCUT2D eigenvalue weighted by Crippen LogP contribution is 2.27. The summed E-state index contributed by atoms with van der Waals surface area (Å²) >= 11 is 0. The van der Waals surface area contributed by atoms with E-state index in [4.69, 9.17) is 18.9 Å². The molecule has 1 fully saturated rings. The predicted molar refractivity (Wildman–Crippen MR) is 125 cm³/mol. The van der Waals surface area contributed by atoms with Gasteiger partial charge in [0.2, 0.25) is 5.91 Å². The number of methoxy groups -OCH3 is 2. The van der Waals surface area contributed by atoms with E-state index in [1.807, 2.05) is 0 Å². The lowest BCUT2D eigenvalue weighted by atomic mass is 9.97. The molecule has 0 unspecified atom stereocenters. The third kappa shape index (κ3) is 5.87. The highest BCUT2D eigenvalue weighted by atomic mass is 16.5. The number of rotatable bonds is 2. The van der Waals surface area contributed by atoms with Gasteiger partial charge in [0.25, 0.3) is 5.91 Å². The first-order valence-electron chi connectivity index (χ1n) is 11.7. The van der Waals surface area contributed by atoms with Gasteiger partial charge in [0, 0.05) is 47.8 Å². The first kappa shape index (κ1) is 25.9. The first-order valence-corrected chi connectivity index (χ1v) is 11.7. The maximum Gasteiger partial charge on any atom is 0.257 e. The van der Waals surface area contributed by atoms with Crippen molar-refractivity contribution >= 4 is 11.8 Å². The van der Waals surface area contributed by atoms with E-state index >= 15 is 0 Å². The normalized spacial score (nSPS) is 29.2. The second-order valence-corrected chi connectivity index (χ2v) is 9.08. The number of ether oxygens (including phenoxy) is 4. The Morgan fingerprint density at radius 3 is 2.44 bits per heavy atom. The fourth-order valence-corrected chi connectivity index (χ4v) is 4.64. The standard InChI is InChI=1S/C25H35N3O6/c1-16-22(32-5)14-28(3)25(30)19-12-17(13-26)6-8-20(19)33-11-10-18-7-9-21(31-4)23(34-18)15-27(2)24(16)29/h6,8,12,16,18,21-23H,7,9-11,14-15H2,1-5H3/t16-,18-,21-,22-,23+/m0/s1. The van der Waals surface area contributed by atoms with Crippen LogP contribution in [0.1, 0.15) is 42.1 Å². The molecule has 2 amide bonds. The third-order valence-corrected chi connectivity index (χ3v) is 6.77. The number of amides is 2. The van der Waals surface area contributed by atoms with E-state index in [0.717, 1.165) is 12.8 Å². The lowest BCUT2D eigenvalue weighted by Gasteiger charge is -2.38. The molecule has 2 aliphatic rings. The summed E-state index contributed by atoms with van der Waals surface area (Å²) in [5, 5.41) is 9.33. The summed E-state index contributed by atoms with van der Waals surface area (Å²) < 4.78 is 23.6. The molecule has 1 aromatic carbocycles. The lowest BCUT2D eigenvalue weighted by Crippen LogP contribution is -2.50. The van der Waals surface area contributed by atoms with Crippen molar-refractivity contribution in [3.05, 3.63) is 29.3 Å². The van der Waals surface area contributed by atoms with Gasteiger partial charge < -0.3 is 28.7 Å². The van der Waals surface area contributed by atoms with Crippen molar-refractivity contribution in [2.45, 2.75) is 50.6 Å². The van der Waals surface area contributed by atoms with Crippen LogP contribution in [0.25, 0.3) is 0 Å². The predicted octanol–water partition coefficient (Wildman–Crippen LogP) is 2.08. The van der Waals surface area contributed by atoms with Crippen LogP contribution in [0.4, 0.5) is 0 Å². The number of hydrogen-bond donors (Lipinski definition) is 0. The molecular formula is C25H35N3O6. The topological polar surface area (TPSA) is 101 Å². The molecule has 1 aromatic rings. The maximum atomic E-state index is 13.3. The van der Waals surface area contributed by atoms with Gasteiger partial charge in [-0.2, -0.15) is 5.26 Å². The van der Waals surface area contributed by atoms with E-state index in [1.165, 1.54) is 18.1 Å². The maximum absolute atomic E-state index is 13.3. The number of likely N-dealkylation sites (N-methyl/N-ethyl adjacent to an activating group) is 2. The van der Waals surface area contributed by atoms with E-state index in [0.29, 0.717) is 36.4 Å². The van der Waals surface area contributed by atoms with Gasteiger partial charge in [-0.25, -0.2) is 0 Å². The summed E-state index contributed by atoms with van der Waals surface area (Å²) in [6.07, 6.45) is 1.39. The van der Waals surface area contributed by atoms with Crippen LogP contribution in [-0.4, -0.2) is 94.0 Å². The Balaban J connectivity index is 1.93. The molecule has 0 radical (unpaired) electrons. The summed E-state index contributed by atoms with van der Waals surface area (Å²) in [6.45, 7) is 2.77. The fourth-order valence-electron chi connectivity index (χ4n) is 4.64. The van der Waals surface area contributed by atoms with Crippen LogP contribution >= 0.6 is 0 Å². The zero-order valence-electron chi connectivity index (χ0n) is 20.7. The average molecular weight is 474 g/mol. The van der Waals surface area contributed by atoms with Gasteiger partial charge in [-0.3, -0.25) is 9.59 Å². The van der Waals surface area contributed by atoms with Crippen LogP contribution in [0.3, 0.4) is 0 Å². The van der Waals surface area contributed by atoms with Crippen molar-refractivity contribution in [2.24, 2.45) is 5.92 Å². The quantitative estimate of drug-likeness (QED) is 0.648. The SMILES string of the molecule is CO[C@H]1CN(C)C(=O)c2cc(C#N)ccc2OCC[C@@H]2CC[C@H](OC)[C@@H](CN(C)C(=O)[C@H]1C)O2. The Labute approximate surface area is 201 Å². The second-order valence-electron chi connectivity index (χ2n) is 9.08. The molecule has 1 saturated heterocycles. The van der Waals surface area contributed by atoms with E-state index in [1.54, 1.807) is 45.2 Å². The molecule has 0 spiro atoms. The Bertz CT molecular complexity index is 916. The van der Waals surface area contributed by atoms with Crippen molar-refractivity contribution in [1.29, 1.82) is 5.26 Å². The monoisotopic (exact) mass is 473 g/mol. The largest absolute Gasteiger partial charge is 0.493 e. The van der Waals surface area contributed by atoms with Gasteiger partial charge in [-0.15, -0.1) is 0 Å². The van der Waals surface area contributed by atoms with Crippen LogP contribution in [-0.2, 0) is 19.0 Å². The van der Waals surface area contributed by atoms with Crippen molar-refractivity contribution < 1.29 is 28.5 Å². The number of fused-ring (bicyclic) bond motifs is 3. The lowest BCUT2D eigenvalue weighted by molar-refractivity contribution is -0.154. The highest BCUT2D eigenvalue weighted by Gasteiger charge is 2.35. The molecule has 34 heavy (non-hydrogen) atoms. The van der Waals surface area contributed by atoms with Crippen molar-refractivity contribution in [1.82, 2.24) is 9.80 Å². The Morgan fingerprint density at radius 1 is 1.03 bits per heavy atom. The summed E-state index contributed by atoms with van der Waals surface area (Å²) in [6, 6.07) is 6.90. The molecule has 0 aliphatic carbocycles. The van der Waals surface area contributed by atoms with Crippen LogP contribution in [0.15, 0.2) is 18.2 Å².